The Labute approximate surface area is 164 Å². The fraction of sp³-hybridized carbons (Fsp3) is 0.471. The van der Waals surface area contributed by atoms with Crippen LogP contribution in [0.5, 0.6) is 0 Å². The summed E-state index contributed by atoms with van der Waals surface area (Å²) in [4.78, 5) is 4.21. The van der Waals surface area contributed by atoms with E-state index in [9.17, 15) is 4.39 Å². The van der Waals surface area contributed by atoms with E-state index >= 15 is 0 Å². The number of benzene rings is 1. The molecule has 1 aliphatic rings. The Bertz CT molecular complexity index is 698. The van der Waals surface area contributed by atoms with Crippen LogP contribution in [0.25, 0.3) is 0 Å². The average Bonchev–Trinajstić information content (AvgIpc) is 2.83. The molecule has 2 aromatic rings. The standard InChI is InChI=1S/C17H23FN6.HI/c1-19-17(20-11-13-6-8-14(18)9-7-13)21-12-16-23-22-15-5-3-2-4-10-24(15)16;/h6-9H,2-5,10-12H2,1H3,(H2,19,20,21);1H. The van der Waals surface area contributed by atoms with Crippen LogP contribution in [0, 0.1) is 5.82 Å². The Morgan fingerprint density at radius 1 is 1.12 bits per heavy atom. The largest absolute Gasteiger partial charge is 0.352 e. The zero-order valence-corrected chi connectivity index (χ0v) is 16.7. The summed E-state index contributed by atoms with van der Waals surface area (Å²) in [6, 6.07) is 6.43. The topological polar surface area (TPSA) is 67.1 Å². The third-order valence-electron chi connectivity index (χ3n) is 4.20. The van der Waals surface area contributed by atoms with E-state index in [-0.39, 0.29) is 29.8 Å². The number of halogens is 2. The predicted molar refractivity (Wildman–Crippen MR) is 106 cm³/mol. The number of fused-ring (bicyclic) bond motifs is 1. The summed E-state index contributed by atoms with van der Waals surface area (Å²) in [7, 11) is 1.73. The number of guanidine groups is 1. The fourth-order valence-corrected chi connectivity index (χ4v) is 2.85. The van der Waals surface area contributed by atoms with Crippen LogP contribution in [0.15, 0.2) is 29.3 Å². The van der Waals surface area contributed by atoms with Gasteiger partial charge in [-0.15, -0.1) is 34.2 Å². The molecule has 2 N–H and O–H groups in total. The Hall–Kier alpha value is -1.71. The third-order valence-corrected chi connectivity index (χ3v) is 4.20. The smallest absolute Gasteiger partial charge is 0.191 e. The Kier molecular flexibility index (Phi) is 7.60. The molecule has 0 spiro atoms. The lowest BCUT2D eigenvalue weighted by atomic mass is 10.2. The molecule has 0 saturated heterocycles. The molecule has 8 heteroatoms. The summed E-state index contributed by atoms with van der Waals surface area (Å²) in [5.41, 5.74) is 0.996. The first kappa shape index (κ1) is 19.6. The second-order valence-corrected chi connectivity index (χ2v) is 5.90. The van der Waals surface area contributed by atoms with Crippen LogP contribution in [-0.2, 0) is 26.1 Å². The van der Waals surface area contributed by atoms with Crippen LogP contribution >= 0.6 is 24.0 Å². The number of hydrogen-bond donors (Lipinski definition) is 2. The first-order valence-electron chi connectivity index (χ1n) is 8.36. The molecule has 3 rings (SSSR count). The Balaban J connectivity index is 0.00000225. The van der Waals surface area contributed by atoms with Crippen molar-refractivity contribution in [3.8, 4) is 0 Å². The van der Waals surface area contributed by atoms with Gasteiger partial charge in [-0.1, -0.05) is 18.6 Å². The molecule has 1 aromatic heterocycles. The minimum atomic E-state index is -0.228. The summed E-state index contributed by atoms with van der Waals surface area (Å²) in [6.45, 7) is 2.15. The molecule has 25 heavy (non-hydrogen) atoms. The van der Waals surface area contributed by atoms with Crippen molar-refractivity contribution in [1.29, 1.82) is 0 Å². The molecule has 136 valence electrons. The second kappa shape index (κ2) is 9.69. The van der Waals surface area contributed by atoms with Gasteiger partial charge < -0.3 is 15.2 Å². The zero-order valence-electron chi connectivity index (χ0n) is 14.3. The van der Waals surface area contributed by atoms with Crippen LogP contribution in [0.1, 0.15) is 36.5 Å². The highest BCUT2D eigenvalue weighted by molar-refractivity contribution is 14.0. The summed E-state index contributed by atoms with van der Waals surface area (Å²) >= 11 is 0. The number of hydrogen-bond acceptors (Lipinski definition) is 3. The maximum absolute atomic E-state index is 12.9. The van der Waals surface area contributed by atoms with Gasteiger partial charge in [-0.25, -0.2) is 4.39 Å². The van der Waals surface area contributed by atoms with Gasteiger partial charge in [0.1, 0.15) is 11.6 Å². The molecule has 0 amide bonds. The van der Waals surface area contributed by atoms with E-state index in [0.717, 1.165) is 30.2 Å². The van der Waals surface area contributed by atoms with Crippen LogP contribution in [-0.4, -0.2) is 27.8 Å². The van der Waals surface area contributed by atoms with Crippen molar-refractivity contribution in [3.63, 3.8) is 0 Å². The molecular weight excluding hydrogens is 434 g/mol. The molecule has 0 radical (unpaired) electrons. The van der Waals surface area contributed by atoms with Crippen LogP contribution in [0.2, 0.25) is 0 Å². The van der Waals surface area contributed by atoms with Gasteiger partial charge in [0.15, 0.2) is 11.8 Å². The van der Waals surface area contributed by atoms with Crippen molar-refractivity contribution < 1.29 is 4.39 Å². The Morgan fingerprint density at radius 3 is 2.64 bits per heavy atom. The van der Waals surface area contributed by atoms with Crippen molar-refractivity contribution in [1.82, 2.24) is 25.4 Å². The average molecular weight is 458 g/mol. The lowest BCUT2D eigenvalue weighted by Crippen LogP contribution is -2.37. The molecule has 0 unspecified atom stereocenters. The number of nitrogens with one attached hydrogen (secondary N) is 2. The molecule has 0 fully saturated rings. The molecule has 0 saturated carbocycles. The number of nitrogens with zero attached hydrogens (tertiary/aromatic N) is 4. The number of aliphatic imine (C=N–C) groups is 1. The number of aromatic nitrogens is 3. The highest BCUT2D eigenvalue weighted by Gasteiger charge is 2.14. The maximum Gasteiger partial charge on any atom is 0.191 e. The Morgan fingerprint density at radius 2 is 1.88 bits per heavy atom. The molecule has 6 nitrogen and oxygen atoms in total. The van der Waals surface area contributed by atoms with E-state index in [1.54, 1.807) is 19.2 Å². The molecule has 0 bridgehead atoms. The molecule has 1 aromatic carbocycles. The maximum atomic E-state index is 12.9. The van der Waals surface area contributed by atoms with Crippen molar-refractivity contribution in [3.05, 3.63) is 47.3 Å². The van der Waals surface area contributed by atoms with Gasteiger partial charge in [-0.3, -0.25) is 4.99 Å². The molecule has 1 aliphatic heterocycles. The van der Waals surface area contributed by atoms with Crippen molar-refractivity contribution in [2.75, 3.05) is 7.05 Å². The van der Waals surface area contributed by atoms with Gasteiger partial charge >= 0.3 is 0 Å². The van der Waals surface area contributed by atoms with Crippen LogP contribution in [0.4, 0.5) is 4.39 Å². The van der Waals surface area contributed by atoms with Gasteiger partial charge in [0.25, 0.3) is 0 Å². The minimum Gasteiger partial charge on any atom is -0.352 e. The summed E-state index contributed by atoms with van der Waals surface area (Å²) in [5.74, 6) is 2.48. The van der Waals surface area contributed by atoms with Gasteiger partial charge in [0.05, 0.1) is 6.54 Å². The summed E-state index contributed by atoms with van der Waals surface area (Å²) in [6.07, 6.45) is 4.61. The van der Waals surface area contributed by atoms with E-state index in [2.05, 4.69) is 30.4 Å². The second-order valence-electron chi connectivity index (χ2n) is 5.90. The number of rotatable bonds is 4. The molecule has 2 heterocycles. The van der Waals surface area contributed by atoms with E-state index in [1.807, 2.05) is 0 Å². The lowest BCUT2D eigenvalue weighted by molar-refractivity contribution is 0.596. The first-order chi connectivity index (χ1) is 11.8. The van der Waals surface area contributed by atoms with E-state index in [4.69, 9.17) is 0 Å². The van der Waals surface area contributed by atoms with Gasteiger partial charge in [0.2, 0.25) is 0 Å². The monoisotopic (exact) mass is 458 g/mol. The lowest BCUT2D eigenvalue weighted by Gasteiger charge is -2.12. The molecule has 0 atom stereocenters. The van der Waals surface area contributed by atoms with Crippen LogP contribution < -0.4 is 10.6 Å². The first-order valence-corrected chi connectivity index (χ1v) is 8.36. The quantitative estimate of drug-likeness (QED) is 0.420. The fourth-order valence-electron chi connectivity index (χ4n) is 2.85. The van der Waals surface area contributed by atoms with Crippen molar-refractivity contribution >= 4 is 29.9 Å². The van der Waals surface area contributed by atoms with Gasteiger partial charge in [-0.05, 0) is 30.5 Å². The van der Waals surface area contributed by atoms with Gasteiger partial charge in [-0.2, -0.15) is 0 Å². The third kappa shape index (κ3) is 5.38. The normalized spacial score (nSPS) is 14.2. The van der Waals surface area contributed by atoms with Gasteiger partial charge in [0, 0.05) is 26.6 Å². The van der Waals surface area contributed by atoms with Crippen molar-refractivity contribution in [2.45, 2.75) is 45.3 Å². The van der Waals surface area contributed by atoms with E-state index in [1.165, 1.54) is 31.4 Å². The summed E-state index contributed by atoms with van der Waals surface area (Å²) < 4.78 is 15.1. The molecule has 0 aliphatic carbocycles. The minimum absolute atomic E-state index is 0. The summed E-state index contributed by atoms with van der Waals surface area (Å²) in [5, 5.41) is 15.1. The highest BCUT2D eigenvalue weighted by Crippen LogP contribution is 2.14. The number of aryl methyl sites for hydroxylation is 1. The predicted octanol–water partition coefficient (Wildman–Crippen LogP) is 2.63. The molecular formula is C17H24FIN6. The zero-order chi connectivity index (χ0) is 16.8. The SMILES string of the molecule is CN=C(NCc1ccc(F)cc1)NCc1nnc2n1CCCCC2.I. The van der Waals surface area contributed by atoms with E-state index < -0.39 is 0 Å². The highest BCUT2D eigenvalue weighted by atomic mass is 127. The van der Waals surface area contributed by atoms with E-state index in [0.29, 0.717) is 19.0 Å². The van der Waals surface area contributed by atoms with Crippen LogP contribution in [0.3, 0.4) is 0 Å². The van der Waals surface area contributed by atoms with Crippen molar-refractivity contribution in [2.24, 2.45) is 4.99 Å².